The number of nitrogens with zero attached hydrogens (tertiary/aromatic N) is 1. The first-order chi connectivity index (χ1) is 17.9. The van der Waals surface area contributed by atoms with Crippen LogP contribution in [0.4, 0.5) is 5.69 Å². The molecule has 0 fully saturated rings. The molecule has 2 rings (SSSR count). The minimum atomic E-state index is -0.858. The number of hydrogen-bond acceptors (Lipinski definition) is 6. The van der Waals surface area contributed by atoms with Gasteiger partial charge in [0.2, 0.25) is 17.7 Å². The van der Waals surface area contributed by atoms with E-state index in [-0.39, 0.29) is 47.6 Å². The summed E-state index contributed by atoms with van der Waals surface area (Å²) in [4.78, 5) is 41.5. The van der Waals surface area contributed by atoms with Crippen LogP contribution < -0.4 is 21.3 Å². The Bertz CT molecular complexity index is 939. The summed E-state index contributed by atoms with van der Waals surface area (Å²) in [5, 5.41) is 16.4. The number of nitrogens with one attached hydrogen (secondary N) is 2. The van der Waals surface area contributed by atoms with Gasteiger partial charge in [-0.15, -0.1) is 11.8 Å². The summed E-state index contributed by atoms with van der Waals surface area (Å²) < 4.78 is 0. The van der Waals surface area contributed by atoms with Crippen molar-refractivity contribution in [3.63, 3.8) is 0 Å². The van der Waals surface area contributed by atoms with E-state index in [0.717, 1.165) is 23.4 Å². The molecule has 0 saturated carbocycles. The first kappa shape index (κ1) is 32.1. The van der Waals surface area contributed by atoms with E-state index < -0.39 is 17.6 Å². The highest BCUT2D eigenvalue weighted by molar-refractivity contribution is 8.00. The monoisotopic (exact) mass is 548 g/mol. The van der Waals surface area contributed by atoms with Crippen molar-refractivity contribution in [2.75, 3.05) is 24.5 Å². The van der Waals surface area contributed by atoms with Gasteiger partial charge in [0.1, 0.15) is 5.25 Å². The zero-order chi connectivity index (χ0) is 28.5. The van der Waals surface area contributed by atoms with Crippen LogP contribution in [-0.4, -0.2) is 59.9 Å². The van der Waals surface area contributed by atoms with E-state index in [1.54, 1.807) is 4.90 Å². The van der Waals surface area contributed by atoms with Gasteiger partial charge in [-0.25, -0.2) is 0 Å². The van der Waals surface area contributed by atoms with Crippen LogP contribution in [0.15, 0.2) is 29.2 Å². The second-order valence-electron chi connectivity index (χ2n) is 11.5. The average molecular weight is 549 g/mol. The maximum atomic E-state index is 13.6. The number of nitrogens with two attached hydrogens (primary N) is 1. The molecule has 0 aliphatic carbocycles. The molecule has 0 bridgehead atoms. The number of benzene rings is 1. The summed E-state index contributed by atoms with van der Waals surface area (Å²) in [5.74, 6) is -0.451. The smallest absolute Gasteiger partial charge is 0.235 e. The number of rotatable bonds is 14. The summed E-state index contributed by atoms with van der Waals surface area (Å²) in [6.07, 6.45) is 1.99. The standard InChI is InChI=1S/C29H48N4O4S/c1-7-9-14-32-27(36)20(19(3)4)15-23(34)21(30)16-29(5,6)17-26(35)33-18-25(28(37)31-8-2)38-24-13-11-10-12-22(24)33/h10-13,19-21,23,25,34H,7-9,14-18,30H2,1-6H3,(H,31,37)(H,32,36)/t20-,21-,23-,25+/m0/s1. The molecule has 1 aromatic rings. The van der Waals surface area contributed by atoms with Crippen molar-refractivity contribution in [2.45, 2.75) is 95.9 Å². The molecule has 8 nitrogen and oxygen atoms in total. The maximum absolute atomic E-state index is 13.6. The number of aliphatic hydroxyl groups is 1. The topological polar surface area (TPSA) is 125 Å². The van der Waals surface area contributed by atoms with Gasteiger partial charge < -0.3 is 26.4 Å². The van der Waals surface area contributed by atoms with Crippen LogP contribution in [0.3, 0.4) is 0 Å². The fourth-order valence-electron chi connectivity index (χ4n) is 4.88. The van der Waals surface area contributed by atoms with Crippen LogP contribution in [0.25, 0.3) is 0 Å². The van der Waals surface area contributed by atoms with Crippen LogP contribution in [0, 0.1) is 17.3 Å². The number of hydrogen-bond donors (Lipinski definition) is 4. The summed E-state index contributed by atoms with van der Waals surface area (Å²) >= 11 is 1.48. The summed E-state index contributed by atoms with van der Waals surface area (Å²) in [6.45, 7) is 13.3. The van der Waals surface area contributed by atoms with Crippen LogP contribution in [0.1, 0.15) is 73.6 Å². The highest BCUT2D eigenvalue weighted by atomic mass is 32.2. The van der Waals surface area contributed by atoms with Gasteiger partial charge in [0.15, 0.2) is 0 Å². The van der Waals surface area contributed by atoms with E-state index in [1.165, 1.54) is 11.8 Å². The summed E-state index contributed by atoms with van der Waals surface area (Å²) in [5.41, 5.74) is 6.76. The molecular formula is C29H48N4O4S. The number of fused-ring (bicyclic) bond motifs is 1. The lowest BCUT2D eigenvalue weighted by atomic mass is 9.79. The van der Waals surface area contributed by atoms with Gasteiger partial charge in [0, 0.05) is 42.9 Å². The molecule has 0 unspecified atom stereocenters. The van der Waals surface area contributed by atoms with Gasteiger partial charge in [-0.1, -0.05) is 53.2 Å². The number of anilines is 1. The van der Waals surface area contributed by atoms with E-state index in [4.69, 9.17) is 5.73 Å². The van der Waals surface area contributed by atoms with Crippen molar-refractivity contribution >= 4 is 35.2 Å². The fourth-order valence-corrected chi connectivity index (χ4v) is 6.06. The quantitative estimate of drug-likeness (QED) is 0.263. The van der Waals surface area contributed by atoms with Crippen LogP contribution in [0.2, 0.25) is 0 Å². The molecule has 1 heterocycles. The zero-order valence-electron chi connectivity index (χ0n) is 24.0. The molecule has 0 saturated heterocycles. The Hall–Kier alpha value is -2.10. The molecule has 9 heteroatoms. The predicted octanol–water partition coefficient (Wildman–Crippen LogP) is 3.70. The molecule has 5 N–H and O–H groups in total. The Labute approximate surface area is 232 Å². The number of amides is 3. The molecule has 38 heavy (non-hydrogen) atoms. The second kappa shape index (κ2) is 14.9. The van der Waals surface area contributed by atoms with E-state index in [1.807, 2.05) is 58.9 Å². The van der Waals surface area contributed by atoms with Crippen LogP contribution >= 0.6 is 11.8 Å². The highest BCUT2D eigenvalue weighted by Crippen LogP contribution is 2.40. The van der Waals surface area contributed by atoms with Crippen LogP contribution in [0.5, 0.6) is 0 Å². The van der Waals surface area contributed by atoms with E-state index in [2.05, 4.69) is 17.6 Å². The van der Waals surface area contributed by atoms with Crippen LogP contribution in [-0.2, 0) is 14.4 Å². The third kappa shape index (κ3) is 9.27. The maximum Gasteiger partial charge on any atom is 0.235 e. The minimum absolute atomic E-state index is 0.0440. The fraction of sp³-hybridized carbons (Fsp3) is 0.690. The van der Waals surface area contributed by atoms with Gasteiger partial charge in [-0.05, 0) is 49.7 Å². The molecule has 214 valence electrons. The highest BCUT2D eigenvalue weighted by Gasteiger charge is 2.36. The molecule has 3 amide bonds. The Morgan fingerprint density at radius 3 is 2.50 bits per heavy atom. The predicted molar refractivity (Wildman–Crippen MR) is 155 cm³/mol. The van der Waals surface area contributed by atoms with Crippen molar-refractivity contribution in [3.8, 4) is 0 Å². The van der Waals surface area contributed by atoms with E-state index in [9.17, 15) is 19.5 Å². The molecule has 1 aliphatic rings. The summed E-state index contributed by atoms with van der Waals surface area (Å²) in [7, 11) is 0. The Morgan fingerprint density at radius 2 is 1.87 bits per heavy atom. The van der Waals surface area contributed by atoms with Crippen molar-refractivity contribution in [1.29, 1.82) is 0 Å². The molecule has 4 atom stereocenters. The van der Waals surface area contributed by atoms with Gasteiger partial charge in [0.25, 0.3) is 0 Å². The molecule has 1 aromatic carbocycles. The van der Waals surface area contributed by atoms with E-state index in [0.29, 0.717) is 26.1 Å². The number of para-hydroxylation sites is 1. The van der Waals surface area contributed by atoms with Gasteiger partial charge in [-0.3, -0.25) is 14.4 Å². The van der Waals surface area contributed by atoms with Crippen molar-refractivity contribution in [1.82, 2.24) is 10.6 Å². The lowest BCUT2D eigenvalue weighted by molar-refractivity contribution is -0.127. The Morgan fingerprint density at radius 1 is 1.18 bits per heavy atom. The number of unbranched alkanes of at least 4 members (excludes halogenated alkanes) is 1. The Balaban J connectivity index is 2.05. The van der Waals surface area contributed by atoms with Gasteiger partial charge in [-0.2, -0.15) is 0 Å². The normalized spacial score (nSPS) is 17.9. The molecule has 0 radical (unpaired) electrons. The zero-order valence-corrected chi connectivity index (χ0v) is 24.8. The second-order valence-corrected chi connectivity index (χ2v) is 12.7. The van der Waals surface area contributed by atoms with Gasteiger partial charge in [0.05, 0.1) is 11.8 Å². The number of carbonyl (C=O) groups excluding carboxylic acids is 3. The lowest BCUT2D eigenvalue weighted by Crippen LogP contribution is -2.47. The van der Waals surface area contributed by atoms with Crippen molar-refractivity contribution in [3.05, 3.63) is 24.3 Å². The van der Waals surface area contributed by atoms with E-state index >= 15 is 0 Å². The number of aliphatic hydroxyl groups excluding tert-OH is 1. The number of carbonyl (C=O) groups is 3. The number of thioether (sulfide) groups is 1. The summed E-state index contributed by atoms with van der Waals surface area (Å²) in [6, 6.07) is 7.08. The molecule has 0 spiro atoms. The first-order valence-electron chi connectivity index (χ1n) is 13.9. The molecule has 1 aliphatic heterocycles. The largest absolute Gasteiger partial charge is 0.391 e. The third-order valence-corrected chi connectivity index (χ3v) is 8.34. The van der Waals surface area contributed by atoms with Crippen molar-refractivity contribution < 1.29 is 19.5 Å². The Kier molecular flexibility index (Phi) is 12.6. The first-order valence-corrected chi connectivity index (χ1v) is 14.8. The third-order valence-electron chi connectivity index (χ3n) is 7.10. The van der Waals surface area contributed by atoms with Crippen molar-refractivity contribution in [2.24, 2.45) is 23.0 Å². The average Bonchev–Trinajstić information content (AvgIpc) is 2.85. The van der Waals surface area contributed by atoms with Gasteiger partial charge >= 0.3 is 0 Å². The molecule has 0 aromatic heterocycles. The lowest BCUT2D eigenvalue weighted by Gasteiger charge is -2.36. The minimum Gasteiger partial charge on any atom is -0.391 e. The SMILES string of the molecule is CCCCNC(=O)[C@@H](C[C@H](O)[C@@H](N)CC(C)(C)CC(=O)N1C[C@H](C(=O)NCC)Sc2ccccc21)C(C)C. The molecular weight excluding hydrogens is 500 g/mol.